The van der Waals surface area contributed by atoms with Gasteiger partial charge in [0.25, 0.3) is 11.8 Å². The number of amides is 1. The maximum Gasteiger partial charge on any atom is 0.281 e. The zero-order chi connectivity index (χ0) is 19.1. The number of benzene rings is 1. The van der Waals surface area contributed by atoms with Crippen LogP contribution in [0.25, 0.3) is 23.0 Å². The monoisotopic (exact) mass is 392 g/mol. The average Bonchev–Trinajstić information content (AvgIpc) is 3.45. The van der Waals surface area contributed by atoms with Gasteiger partial charge in [0.15, 0.2) is 11.4 Å². The quantitative estimate of drug-likeness (QED) is 0.530. The number of aromatic nitrogens is 5. The molecule has 1 amide bonds. The molecule has 140 valence electrons. The summed E-state index contributed by atoms with van der Waals surface area (Å²) in [5.74, 6) is 0.535. The lowest BCUT2D eigenvalue weighted by Crippen LogP contribution is -2.40. The van der Waals surface area contributed by atoms with Crippen molar-refractivity contribution in [3.63, 3.8) is 0 Å². The minimum absolute atomic E-state index is 0.137. The molecule has 9 heteroatoms. The summed E-state index contributed by atoms with van der Waals surface area (Å²) in [5.41, 5.74) is 3.86. The standard InChI is InChI=1S/C19H16N6O2S/c1-12-2-4-13(5-3-12)10-24-7-8-25-16(19(24)26)15(21-23-25)18-20-17(22-27-18)14-6-9-28-11-14/h2-6,9,11H,7-8,10H2,1H3. The van der Waals surface area contributed by atoms with Gasteiger partial charge in [-0.1, -0.05) is 40.2 Å². The third-order valence-corrected chi connectivity index (χ3v) is 5.39. The van der Waals surface area contributed by atoms with Crippen LogP contribution in [0, 0.1) is 6.92 Å². The van der Waals surface area contributed by atoms with Gasteiger partial charge in [-0.15, -0.1) is 5.10 Å². The van der Waals surface area contributed by atoms with Crippen molar-refractivity contribution in [1.29, 1.82) is 0 Å². The lowest BCUT2D eigenvalue weighted by Gasteiger charge is -2.27. The first-order chi connectivity index (χ1) is 13.7. The van der Waals surface area contributed by atoms with E-state index in [-0.39, 0.29) is 11.8 Å². The van der Waals surface area contributed by atoms with E-state index in [2.05, 4.69) is 20.5 Å². The van der Waals surface area contributed by atoms with Crippen LogP contribution in [0.5, 0.6) is 0 Å². The minimum Gasteiger partial charge on any atom is -0.332 e. The molecule has 8 nitrogen and oxygen atoms in total. The molecule has 0 spiro atoms. The van der Waals surface area contributed by atoms with Gasteiger partial charge in [0.1, 0.15) is 0 Å². The first-order valence-corrected chi connectivity index (χ1v) is 9.78. The minimum atomic E-state index is -0.137. The van der Waals surface area contributed by atoms with Crippen LogP contribution in [0.2, 0.25) is 0 Å². The number of carbonyl (C=O) groups excluding carboxylic acids is 1. The van der Waals surface area contributed by atoms with E-state index in [4.69, 9.17) is 4.52 Å². The fraction of sp³-hybridized carbons (Fsp3) is 0.211. The van der Waals surface area contributed by atoms with Crippen LogP contribution >= 0.6 is 11.3 Å². The van der Waals surface area contributed by atoms with Crippen molar-refractivity contribution in [2.24, 2.45) is 0 Å². The first-order valence-electron chi connectivity index (χ1n) is 8.84. The van der Waals surface area contributed by atoms with Crippen LogP contribution < -0.4 is 0 Å². The highest BCUT2D eigenvalue weighted by Gasteiger charge is 2.32. The Balaban J connectivity index is 1.44. The number of rotatable bonds is 4. The predicted molar refractivity (Wildman–Crippen MR) is 103 cm³/mol. The number of carbonyl (C=O) groups is 1. The third-order valence-electron chi connectivity index (χ3n) is 4.71. The van der Waals surface area contributed by atoms with Crippen molar-refractivity contribution >= 4 is 17.2 Å². The highest BCUT2D eigenvalue weighted by Crippen LogP contribution is 2.27. The third kappa shape index (κ3) is 2.89. The van der Waals surface area contributed by atoms with Gasteiger partial charge in [0.2, 0.25) is 5.82 Å². The molecule has 0 N–H and O–H groups in total. The second kappa shape index (κ2) is 6.68. The Morgan fingerprint density at radius 2 is 2.04 bits per heavy atom. The molecule has 28 heavy (non-hydrogen) atoms. The highest BCUT2D eigenvalue weighted by molar-refractivity contribution is 7.08. The van der Waals surface area contributed by atoms with Gasteiger partial charge < -0.3 is 9.42 Å². The molecule has 5 rings (SSSR count). The van der Waals surface area contributed by atoms with Gasteiger partial charge in [0, 0.05) is 24.0 Å². The summed E-state index contributed by atoms with van der Waals surface area (Å²) in [7, 11) is 0. The SMILES string of the molecule is Cc1ccc(CN2CCn3nnc(-c4nc(-c5ccsc5)no4)c3C2=O)cc1. The van der Waals surface area contributed by atoms with Gasteiger partial charge in [-0.2, -0.15) is 16.3 Å². The molecule has 1 aliphatic heterocycles. The number of hydrogen-bond donors (Lipinski definition) is 0. The Hall–Kier alpha value is -3.33. The van der Waals surface area contributed by atoms with Gasteiger partial charge in [-0.05, 0) is 23.9 Å². The van der Waals surface area contributed by atoms with Crippen LogP contribution in [-0.2, 0) is 13.1 Å². The molecule has 3 aromatic heterocycles. The Labute approximate surface area is 164 Å². The number of nitrogens with zero attached hydrogens (tertiary/aromatic N) is 6. The summed E-state index contributed by atoms with van der Waals surface area (Å²) < 4.78 is 6.98. The summed E-state index contributed by atoms with van der Waals surface area (Å²) >= 11 is 1.55. The number of thiophene rings is 1. The lowest BCUT2D eigenvalue weighted by atomic mass is 10.1. The van der Waals surface area contributed by atoms with Crippen molar-refractivity contribution < 1.29 is 9.32 Å². The Kier molecular flexibility index (Phi) is 4.01. The van der Waals surface area contributed by atoms with Gasteiger partial charge in [-0.25, -0.2) is 4.68 Å². The van der Waals surface area contributed by atoms with Crippen molar-refractivity contribution in [2.45, 2.75) is 20.0 Å². The second-order valence-electron chi connectivity index (χ2n) is 6.66. The molecule has 0 aliphatic carbocycles. The fourth-order valence-corrected chi connectivity index (χ4v) is 3.82. The molecular weight excluding hydrogens is 376 g/mol. The maximum atomic E-state index is 13.1. The molecule has 4 heterocycles. The molecule has 1 aromatic carbocycles. The van der Waals surface area contributed by atoms with E-state index in [1.165, 1.54) is 5.56 Å². The topological polar surface area (TPSA) is 89.9 Å². The summed E-state index contributed by atoms with van der Waals surface area (Å²) in [4.78, 5) is 19.3. The highest BCUT2D eigenvalue weighted by atomic mass is 32.1. The molecule has 0 atom stereocenters. The van der Waals surface area contributed by atoms with Gasteiger partial charge in [0.05, 0.1) is 6.54 Å². The Morgan fingerprint density at radius 3 is 2.82 bits per heavy atom. The summed E-state index contributed by atoms with van der Waals surface area (Å²) in [6.07, 6.45) is 0. The lowest BCUT2D eigenvalue weighted by molar-refractivity contribution is 0.0684. The van der Waals surface area contributed by atoms with Crippen LogP contribution in [-0.4, -0.2) is 42.5 Å². The van der Waals surface area contributed by atoms with Gasteiger partial charge in [-0.3, -0.25) is 4.79 Å². The van der Waals surface area contributed by atoms with Crippen LogP contribution in [0.1, 0.15) is 21.6 Å². The molecule has 0 saturated heterocycles. The van der Waals surface area contributed by atoms with Crippen LogP contribution in [0.4, 0.5) is 0 Å². The average molecular weight is 392 g/mol. The fourth-order valence-electron chi connectivity index (χ4n) is 3.19. The molecule has 0 saturated carbocycles. The molecule has 0 fully saturated rings. The zero-order valence-corrected chi connectivity index (χ0v) is 15.9. The van der Waals surface area contributed by atoms with Crippen molar-refractivity contribution in [3.8, 4) is 23.0 Å². The van der Waals surface area contributed by atoms with Crippen molar-refractivity contribution in [2.75, 3.05) is 6.54 Å². The van der Waals surface area contributed by atoms with Crippen molar-refractivity contribution in [1.82, 2.24) is 30.0 Å². The largest absolute Gasteiger partial charge is 0.332 e. The molecule has 0 unspecified atom stereocenters. The van der Waals surface area contributed by atoms with E-state index in [0.29, 0.717) is 36.8 Å². The maximum absolute atomic E-state index is 13.1. The van der Waals surface area contributed by atoms with E-state index in [1.54, 1.807) is 20.9 Å². The van der Waals surface area contributed by atoms with E-state index in [0.717, 1.165) is 11.1 Å². The zero-order valence-electron chi connectivity index (χ0n) is 15.1. The molecule has 1 aliphatic rings. The van der Waals surface area contributed by atoms with Crippen LogP contribution in [0.3, 0.4) is 0 Å². The smallest absolute Gasteiger partial charge is 0.281 e. The number of aryl methyl sites for hydroxylation is 1. The molecular formula is C19H16N6O2S. The van der Waals surface area contributed by atoms with Crippen LogP contribution in [0.15, 0.2) is 45.6 Å². The van der Waals surface area contributed by atoms with Gasteiger partial charge >= 0.3 is 0 Å². The number of hydrogen-bond acceptors (Lipinski definition) is 7. The molecule has 0 radical (unpaired) electrons. The summed E-state index contributed by atoms with van der Waals surface area (Å²) in [6.45, 7) is 3.73. The van der Waals surface area contributed by atoms with Crippen molar-refractivity contribution in [3.05, 3.63) is 57.9 Å². The Bertz CT molecular complexity index is 1130. The second-order valence-corrected chi connectivity index (χ2v) is 7.44. The summed E-state index contributed by atoms with van der Waals surface area (Å²) in [6, 6.07) is 10.1. The molecule has 4 aromatic rings. The van der Waals surface area contributed by atoms with E-state index in [1.807, 2.05) is 48.0 Å². The Morgan fingerprint density at radius 1 is 1.18 bits per heavy atom. The first kappa shape index (κ1) is 16.8. The predicted octanol–water partition coefficient (Wildman–Crippen LogP) is 3.02. The number of fused-ring (bicyclic) bond motifs is 1. The van der Waals surface area contributed by atoms with E-state index < -0.39 is 0 Å². The molecule has 0 bridgehead atoms. The van der Waals surface area contributed by atoms with E-state index >= 15 is 0 Å². The summed E-state index contributed by atoms with van der Waals surface area (Å²) in [5, 5.41) is 16.1. The van der Waals surface area contributed by atoms with E-state index in [9.17, 15) is 4.79 Å². The normalized spacial score (nSPS) is 13.8.